The second-order valence-electron chi connectivity index (χ2n) is 7.58. The van der Waals surface area contributed by atoms with E-state index < -0.39 is 0 Å². The summed E-state index contributed by atoms with van der Waals surface area (Å²) in [5.74, 6) is -0.375. The van der Waals surface area contributed by atoms with Crippen molar-refractivity contribution >= 4 is 11.9 Å². The molecule has 1 heterocycles. The Morgan fingerprint density at radius 1 is 1.10 bits per heavy atom. The Kier molecular flexibility index (Phi) is 10.7. The lowest BCUT2D eigenvalue weighted by Gasteiger charge is -2.32. The van der Waals surface area contributed by atoms with Crippen molar-refractivity contribution in [1.82, 2.24) is 10.2 Å². The average Bonchev–Trinajstić information content (AvgIpc) is 2.69. The van der Waals surface area contributed by atoms with E-state index in [1.807, 2.05) is 32.0 Å². The number of nitrogens with zero attached hydrogens (tertiary/aromatic N) is 1. The lowest BCUT2D eigenvalue weighted by Crippen LogP contribution is -2.50. The van der Waals surface area contributed by atoms with Gasteiger partial charge in [0.15, 0.2) is 0 Å². The van der Waals surface area contributed by atoms with Crippen molar-refractivity contribution in [3.63, 3.8) is 0 Å². The number of ether oxygens (including phenoxy) is 2. The monoisotopic (exact) mass is 404 g/mol. The van der Waals surface area contributed by atoms with E-state index in [1.165, 1.54) is 5.56 Å². The van der Waals surface area contributed by atoms with Gasteiger partial charge in [-0.1, -0.05) is 43.2 Å². The van der Waals surface area contributed by atoms with Crippen molar-refractivity contribution in [1.29, 1.82) is 0 Å². The van der Waals surface area contributed by atoms with Crippen molar-refractivity contribution < 1.29 is 19.1 Å². The van der Waals surface area contributed by atoms with E-state index in [1.54, 1.807) is 0 Å². The highest BCUT2D eigenvalue weighted by atomic mass is 16.5. The predicted octanol–water partition coefficient (Wildman–Crippen LogP) is 2.95. The number of hydrogen-bond donors (Lipinski definition) is 1. The summed E-state index contributed by atoms with van der Waals surface area (Å²) in [6, 6.07) is 10.0. The largest absolute Gasteiger partial charge is 0.465 e. The quantitative estimate of drug-likeness (QED) is 0.605. The van der Waals surface area contributed by atoms with Gasteiger partial charge in [0.2, 0.25) is 0 Å². The van der Waals surface area contributed by atoms with Crippen LogP contribution in [0.4, 0.5) is 0 Å². The molecule has 6 nitrogen and oxygen atoms in total. The average molecular weight is 405 g/mol. The topological polar surface area (TPSA) is 67.9 Å². The summed E-state index contributed by atoms with van der Waals surface area (Å²) < 4.78 is 10.4. The third kappa shape index (κ3) is 8.96. The Bertz CT molecular complexity index is 608. The summed E-state index contributed by atoms with van der Waals surface area (Å²) >= 11 is 0. The molecule has 0 bridgehead atoms. The smallest absolute Gasteiger partial charge is 0.323 e. The zero-order valence-corrected chi connectivity index (χ0v) is 17.9. The van der Waals surface area contributed by atoms with Crippen LogP contribution >= 0.6 is 0 Å². The summed E-state index contributed by atoms with van der Waals surface area (Å²) in [6.45, 7) is 6.36. The van der Waals surface area contributed by atoms with Crippen molar-refractivity contribution in [3.05, 3.63) is 35.9 Å². The molecule has 1 aromatic carbocycles. The van der Waals surface area contributed by atoms with Crippen LogP contribution in [-0.4, -0.2) is 61.8 Å². The molecule has 2 atom stereocenters. The number of nitrogens with one attached hydrogen (secondary N) is 1. The van der Waals surface area contributed by atoms with Gasteiger partial charge in [-0.15, -0.1) is 0 Å². The third-order valence-electron chi connectivity index (χ3n) is 5.24. The van der Waals surface area contributed by atoms with Gasteiger partial charge in [-0.3, -0.25) is 14.5 Å². The van der Waals surface area contributed by atoms with Crippen LogP contribution in [0, 0.1) is 0 Å². The number of likely N-dealkylation sites (tertiary alicyclic amines) is 1. The van der Waals surface area contributed by atoms with Crippen molar-refractivity contribution in [3.8, 4) is 0 Å². The Morgan fingerprint density at radius 3 is 2.59 bits per heavy atom. The van der Waals surface area contributed by atoms with Crippen LogP contribution in [0.2, 0.25) is 0 Å². The molecule has 0 radical (unpaired) electrons. The zero-order valence-electron chi connectivity index (χ0n) is 17.9. The molecule has 0 saturated carbocycles. The molecule has 1 aliphatic rings. The van der Waals surface area contributed by atoms with Crippen LogP contribution in [0.15, 0.2) is 30.3 Å². The first kappa shape index (κ1) is 23.4. The first-order valence-electron chi connectivity index (χ1n) is 11.0. The third-order valence-corrected chi connectivity index (χ3v) is 5.24. The maximum absolute atomic E-state index is 12.6. The molecule has 1 aromatic rings. The van der Waals surface area contributed by atoms with Gasteiger partial charge >= 0.3 is 11.9 Å². The highest BCUT2D eigenvalue weighted by Gasteiger charge is 2.26. The minimum Gasteiger partial charge on any atom is -0.465 e. The molecule has 1 N–H and O–H groups in total. The van der Waals surface area contributed by atoms with Crippen LogP contribution in [0.5, 0.6) is 0 Å². The Morgan fingerprint density at radius 2 is 1.86 bits per heavy atom. The van der Waals surface area contributed by atoms with E-state index in [-0.39, 0.29) is 24.0 Å². The van der Waals surface area contributed by atoms with Gasteiger partial charge < -0.3 is 14.8 Å². The summed E-state index contributed by atoms with van der Waals surface area (Å²) in [6.07, 6.45) is 5.83. The first-order valence-corrected chi connectivity index (χ1v) is 11.0. The van der Waals surface area contributed by atoms with Gasteiger partial charge in [-0.25, -0.2) is 0 Å². The lowest BCUT2D eigenvalue weighted by molar-refractivity contribution is -0.147. The highest BCUT2D eigenvalue weighted by Crippen LogP contribution is 2.14. The van der Waals surface area contributed by atoms with Crippen LogP contribution in [-0.2, 0) is 25.5 Å². The molecule has 162 valence electrons. The van der Waals surface area contributed by atoms with Crippen LogP contribution in [0.25, 0.3) is 0 Å². The van der Waals surface area contributed by atoms with Crippen molar-refractivity contribution in [2.75, 3.05) is 32.8 Å². The van der Waals surface area contributed by atoms with E-state index in [0.29, 0.717) is 26.2 Å². The molecule has 2 rings (SSSR count). The molecule has 1 saturated heterocycles. The van der Waals surface area contributed by atoms with Crippen LogP contribution in [0.1, 0.15) is 51.5 Å². The summed E-state index contributed by atoms with van der Waals surface area (Å²) in [7, 11) is 0. The van der Waals surface area contributed by atoms with Crippen molar-refractivity contribution in [2.45, 2.75) is 64.5 Å². The number of carbonyl (C=O) groups is 2. The molecular weight excluding hydrogens is 368 g/mol. The second-order valence-corrected chi connectivity index (χ2v) is 7.58. The number of carbonyl (C=O) groups excluding carboxylic acids is 2. The van der Waals surface area contributed by atoms with Gasteiger partial charge in [0.1, 0.15) is 6.04 Å². The minimum absolute atomic E-state index is 0.148. The number of rotatable bonds is 10. The molecule has 0 aromatic heterocycles. The molecule has 0 amide bonds. The molecule has 1 fully saturated rings. The van der Waals surface area contributed by atoms with Crippen molar-refractivity contribution in [2.24, 2.45) is 0 Å². The summed E-state index contributed by atoms with van der Waals surface area (Å²) in [5.41, 5.74) is 1.21. The fourth-order valence-corrected chi connectivity index (χ4v) is 3.82. The van der Waals surface area contributed by atoms with Gasteiger partial charge in [-0.05, 0) is 51.6 Å². The lowest BCUT2D eigenvalue weighted by atomic mass is 10.0. The SMILES string of the molecule is CCOC(=O)CN1CCCCCC(N[C@@H](CCc2ccccc2)C(=O)OCC)C1. The second kappa shape index (κ2) is 13.3. The van der Waals surface area contributed by atoms with E-state index in [4.69, 9.17) is 9.47 Å². The number of esters is 2. The number of aryl methyl sites for hydroxylation is 1. The summed E-state index contributed by atoms with van der Waals surface area (Å²) in [4.78, 5) is 26.6. The van der Waals surface area contributed by atoms with Gasteiger partial charge in [0, 0.05) is 12.6 Å². The Hall–Kier alpha value is -1.92. The van der Waals surface area contributed by atoms with Crippen LogP contribution < -0.4 is 5.32 Å². The van der Waals surface area contributed by atoms with Gasteiger partial charge in [0.05, 0.1) is 19.8 Å². The van der Waals surface area contributed by atoms with Crippen LogP contribution in [0.3, 0.4) is 0 Å². The standard InChI is InChI=1S/C23H36N2O4/c1-3-28-22(26)18-25-16-10-6-9-13-20(17-25)24-21(23(27)29-4-2)15-14-19-11-7-5-8-12-19/h5,7-8,11-12,20-21,24H,3-4,6,9-10,13-18H2,1-2H3/t20?,21-/m0/s1. The molecule has 0 aliphatic carbocycles. The Balaban J connectivity index is 1.98. The van der Waals surface area contributed by atoms with Gasteiger partial charge in [0.25, 0.3) is 0 Å². The molecule has 6 heteroatoms. The maximum Gasteiger partial charge on any atom is 0.323 e. The molecule has 29 heavy (non-hydrogen) atoms. The van der Waals surface area contributed by atoms with E-state index in [2.05, 4.69) is 22.3 Å². The van der Waals surface area contributed by atoms with E-state index in [9.17, 15) is 9.59 Å². The zero-order chi connectivity index (χ0) is 20.9. The first-order chi connectivity index (χ1) is 14.1. The molecule has 1 aliphatic heterocycles. The molecular formula is C23H36N2O4. The Labute approximate surface area is 174 Å². The summed E-state index contributed by atoms with van der Waals surface area (Å²) in [5, 5.41) is 3.55. The minimum atomic E-state index is -0.343. The van der Waals surface area contributed by atoms with E-state index in [0.717, 1.165) is 45.2 Å². The fraction of sp³-hybridized carbons (Fsp3) is 0.652. The van der Waals surface area contributed by atoms with Gasteiger partial charge in [-0.2, -0.15) is 0 Å². The number of benzene rings is 1. The fourth-order valence-electron chi connectivity index (χ4n) is 3.82. The highest BCUT2D eigenvalue weighted by molar-refractivity contribution is 5.75. The number of hydrogen-bond acceptors (Lipinski definition) is 6. The molecule has 1 unspecified atom stereocenters. The van der Waals surface area contributed by atoms with E-state index >= 15 is 0 Å². The normalized spacial score (nSPS) is 19.0. The molecule has 0 spiro atoms. The maximum atomic E-state index is 12.6. The predicted molar refractivity (Wildman–Crippen MR) is 114 cm³/mol.